The second-order valence-corrected chi connectivity index (χ2v) is 6.95. The minimum Gasteiger partial charge on any atom is -0.371 e. The van der Waals surface area contributed by atoms with E-state index in [1.165, 1.54) is 57.5 Å². The minimum atomic E-state index is 0.456. The van der Waals surface area contributed by atoms with Gasteiger partial charge in [0.15, 0.2) is 0 Å². The second-order valence-electron chi connectivity index (χ2n) is 6.95. The van der Waals surface area contributed by atoms with Crippen molar-refractivity contribution in [3.05, 3.63) is 29.8 Å². The summed E-state index contributed by atoms with van der Waals surface area (Å²) in [6.07, 6.45) is 5.24. The van der Waals surface area contributed by atoms with Crippen molar-refractivity contribution in [2.45, 2.75) is 39.5 Å². The van der Waals surface area contributed by atoms with E-state index in [0.29, 0.717) is 5.41 Å². The third kappa shape index (κ3) is 2.58. The van der Waals surface area contributed by atoms with Crippen LogP contribution in [-0.2, 0) is 6.42 Å². The van der Waals surface area contributed by atoms with Crippen LogP contribution in [0, 0.1) is 11.3 Å². The van der Waals surface area contributed by atoms with Crippen LogP contribution in [0.25, 0.3) is 0 Å². The van der Waals surface area contributed by atoms with Gasteiger partial charge in [-0.25, -0.2) is 0 Å². The van der Waals surface area contributed by atoms with Crippen molar-refractivity contribution < 1.29 is 0 Å². The predicted octanol–water partition coefficient (Wildman–Crippen LogP) is 3.47. The molecule has 2 nitrogen and oxygen atoms in total. The van der Waals surface area contributed by atoms with Crippen molar-refractivity contribution in [1.82, 2.24) is 5.32 Å². The zero-order chi connectivity index (χ0) is 14.0. The standard InChI is InChI=1S/C18H28N2/c1-15(2)18(10-11-19-13-18)14-20-12-6-5-8-16-7-3-4-9-17(16)20/h3-4,7,9,15,19H,5-6,8,10-14H2,1-2H3. The number of nitrogens with zero attached hydrogens (tertiary/aromatic N) is 1. The molecule has 2 aliphatic rings. The predicted molar refractivity (Wildman–Crippen MR) is 86.4 cm³/mol. The summed E-state index contributed by atoms with van der Waals surface area (Å²) < 4.78 is 0. The van der Waals surface area contributed by atoms with Crippen LogP contribution < -0.4 is 10.2 Å². The maximum Gasteiger partial charge on any atom is 0.0398 e. The molecule has 1 fully saturated rings. The molecule has 1 aromatic rings. The van der Waals surface area contributed by atoms with Gasteiger partial charge in [0.25, 0.3) is 0 Å². The van der Waals surface area contributed by atoms with Crippen LogP contribution in [0.15, 0.2) is 24.3 Å². The highest BCUT2D eigenvalue weighted by molar-refractivity contribution is 5.54. The molecule has 1 N–H and O–H groups in total. The highest BCUT2D eigenvalue weighted by atomic mass is 15.2. The number of anilines is 1. The van der Waals surface area contributed by atoms with Gasteiger partial charge in [0.1, 0.15) is 0 Å². The number of rotatable bonds is 3. The van der Waals surface area contributed by atoms with Crippen molar-refractivity contribution in [2.75, 3.05) is 31.1 Å². The van der Waals surface area contributed by atoms with Gasteiger partial charge in [-0.1, -0.05) is 32.0 Å². The molecule has 110 valence electrons. The Morgan fingerprint density at radius 1 is 1.25 bits per heavy atom. The highest BCUT2D eigenvalue weighted by Crippen LogP contribution is 2.37. The Morgan fingerprint density at radius 3 is 2.85 bits per heavy atom. The maximum absolute atomic E-state index is 3.60. The average Bonchev–Trinajstić information content (AvgIpc) is 2.84. The Labute approximate surface area is 123 Å². The molecule has 0 radical (unpaired) electrons. The van der Waals surface area contributed by atoms with E-state index in [-0.39, 0.29) is 0 Å². The van der Waals surface area contributed by atoms with Gasteiger partial charge < -0.3 is 10.2 Å². The minimum absolute atomic E-state index is 0.456. The largest absolute Gasteiger partial charge is 0.371 e. The molecule has 2 heterocycles. The van der Waals surface area contributed by atoms with Crippen LogP contribution >= 0.6 is 0 Å². The molecule has 3 rings (SSSR count). The Balaban J connectivity index is 1.86. The van der Waals surface area contributed by atoms with Crippen molar-refractivity contribution in [1.29, 1.82) is 0 Å². The molecule has 0 aliphatic carbocycles. The van der Waals surface area contributed by atoms with E-state index < -0.39 is 0 Å². The van der Waals surface area contributed by atoms with Crippen LogP contribution in [0.5, 0.6) is 0 Å². The summed E-state index contributed by atoms with van der Waals surface area (Å²) in [5.41, 5.74) is 3.50. The normalized spacial score (nSPS) is 26.6. The topological polar surface area (TPSA) is 15.3 Å². The van der Waals surface area contributed by atoms with Crippen LogP contribution in [0.1, 0.15) is 38.7 Å². The third-order valence-electron chi connectivity index (χ3n) is 5.46. The summed E-state index contributed by atoms with van der Waals surface area (Å²) in [7, 11) is 0. The van der Waals surface area contributed by atoms with Crippen molar-refractivity contribution >= 4 is 5.69 Å². The number of aryl methyl sites for hydroxylation is 1. The summed E-state index contributed by atoms with van der Waals surface area (Å²) in [6, 6.07) is 9.05. The highest BCUT2D eigenvalue weighted by Gasteiger charge is 2.38. The van der Waals surface area contributed by atoms with Gasteiger partial charge >= 0.3 is 0 Å². The fourth-order valence-corrected chi connectivity index (χ4v) is 3.89. The summed E-state index contributed by atoms with van der Waals surface area (Å²) >= 11 is 0. The number of hydrogen-bond acceptors (Lipinski definition) is 2. The molecule has 0 bridgehead atoms. The van der Waals surface area contributed by atoms with E-state index in [4.69, 9.17) is 0 Å². The number of nitrogens with one attached hydrogen (secondary N) is 1. The first-order valence-electron chi connectivity index (χ1n) is 8.25. The van der Waals surface area contributed by atoms with E-state index in [1.807, 2.05) is 0 Å². The first-order valence-corrected chi connectivity index (χ1v) is 8.25. The van der Waals surface area contributed by atoms with Crippen molar-refractivity contribution in [2.24, 2.45) is 11.3 Å². The molecule has 1 saturated heterocycles. The second kappa shape index (κ2) is 5.77. The molecule has 2 aliphatic heterocycles. The Bertz CT molecular complexity index is 446. The molecule has 1 atom stereocenters. The van der Waals surface area contributed by atoms with Crippen molar-refractivity contribution in [3.63, 3.8) is 0 Å². The number of para-hydroxylation sites is 1. The van der Waals surface area contributed by atoms with Gasteiger partial charge in [0.05, 0.1) is 0 Å². The molecule has 2 heteroatoms. The lowest BCUT2D eigenvalue weighted by Gasteiger charge is -2.39. The molecule has 1 aromatic carbocycles. The van der Waals surface area contributed by atoms with Gasteiger partial charge in [-0.3, -0.25) is 0 Å². The molecular formula is C18H28N2. The molecule has 0 aromatic heterocycles. The van der Waals surface area contributed by atoms with Crippen LogP contribution in [-0.4, -0.2) is 26.2 Å². The zero-order valence-corrected chi connectivity index (χ0v) is 13.0. The molecular weight excluding hydrogens is 244 g/mol. The zero-order valence-electron chi connectivity index (χ0n) is 13.0. The van der Waals surface area contributed by atoms with E-state index >= 15 is 0 Å². The van der Waals surface area contributed by atoms with Crippen LogP contribution in [0.3, 0.4) is 0 Å². The summed E-state index contributed by atoms with van der Waals surface area (Å²) in [4.78, 5) is 2.68. The SMILES string of the molecule is CC(C)C1(CN2CCCCc3ccccc32)CCNC1. The van der Waals surface area contributed by atoms with Crippen LogP contribution in [0.2, 0.25) is 0 Å². The summed E-state index contributed by atoms with van der Waals surface area (Å²) in [6.45, 7) is 9.62. The lowest BCUT2D eigenvalue weighted by atomic mass is 9.76. The first kappa shape index (κ1) is 13.9. The molecule has 0 amide bonds. The smallest absolute Gasteiger partial charge is 0.0398 e. The quantitative estimate of drug-likeness (QED) is 0.906. The number of hydrogen-bond donors (Lipinski definition) is 1. The van der Waals surface area contributed by atoms with Gasteiger partial charge in [0, 0.05) is 30.7 Å². The van der Waals surface area contributed by atoms with E-state index in [0.717, 1.165) is 5.92 Å². The Kier molecular flexibility index (Phi) is 4.02. The van der Waals surface area contributed by atoms with Gasteiger partial charge in [-0.05, 0) is 49.8 Å². The molecule has 1 unspecified atom stereocenters. The third-order valence-corrected chi connectivity index (χ3v) is 5.46. The molecule has 20 heavy (non-hydrogen) atoms. The molecule has 0 spiro atoms. The van der Waals surface area contributed by atoms with Crippen LogP contribution in [0.4, 0.5) is 5.69 Å². The fraction of sp³-hybridized carbons (Fsp3) is 0.667. The summed E-state index contributed by atoms with van der Waals surface area (Å²) in [5, 5.41) is 3.60. The fourth-order valence-electron chi connectivity index (χ4n) is 3.89. The van der Waals surface area contributed by atoms with E-state index in [2.05, 4.69) is 48.3 Å². The lowest BCUT2D eigenvalue weighted by molar-refractivity contribution is 0.222. The molecule has 0 saturated carbocycles. The first-order chi connectivity index (χ1) is 9.71. The lowest BCUT2D eigenvalue weighted by Crippen LogP contribution is -2.43. The van der Waals surface area contributed by atoms with Gasteiger partial charge in [0.2, 0.25) is 0 Å². The summed E-state index contributed by atoms with van der Waals surface area (Å²) in [5.74, 6) is 0.743. The number of fused-ring (bicyclic) bond motifs is 1. The van der Waals surface area contributed by atoms with E-state index in [1.54, 1.807) is 5.56 Å². The Hall–Kier alpha value is -1.02. The van der Waals surface area contributed by atoms with E-state index in [9.17, 15) is 0 Å². The van der Waals surface area contributed by atoms with Gasteiger partial charge in [-0.2, -0.15) is 0 Å². The van der Waals surface area contributed by atoms with Gasteiger partial charge in [-0.15, -0.1) is 0 Å². The Morgan fingerprint density at radius 2 is 2.10 bits per heavy atom. The number of benzene rings is 1. The van der Waals surface area contributed by atoms with Crippen molar-refractivity contribution in [3.8, 4) is 0 Å². The average molecular weight is 272 g/mol. The maximum atomic E-state index is 3.60. The monoisotopic (exact) mass is 272 g/mol.